The van der Waals surface area contributed by atoms with Crippen LogP contribution in [0.5, 0.6) is 0 Å². The number of hydrogen-bond acceptors (Lipinski definition) is 14. The Morgan fingerprint density at radius 3 is 2.30 bits per heavy atom. The van der Waals surface area contributed by atoms with Gasteiger partial charge in [-0.15, -0.1) is 11.6 Å². The fourth-order valence-corrected chi connectivity index (χ4v) is 11.5. The zero-order valence-electron chi connectivity index (χ0n) is 42.4. The smallest absolute Gasteiger partial charge is 0.251 e. The van der Waals surface area contributed by atoms with Gasteiger partial charge in [0.25, 0.3) is 5.91 Å². The van der Waals surface area contributed by atoms with Crippen LogP contribution in [-0.2, 0) is 28.5 Å². The SMILES string of the molecule is C=C1N[C@H]2[C@H](CS[C@H]2CCCCNC(=O)CCOCCOCCNC(=O)C2C[N+](=c3ccc4c(-c5cc(C(=O)NCCOCCOCCCCCCCl)ccc5C(=O)[O-])c5ccc(N6CCC6)cc5oc-4c3)C2)N1. The van der Waals surface area contributed by atoms with Crippen molar-refractivity contribution in [2.75, 3.05) is 115 Å². The number of benzene rings is 3. The molecule has 17 nitrogen and oxygen atoms in total. The van der Waals surface area contributed by atoms with Crippen LogP contribution < -0.4 is 46.5 Å². The highest BCUT2D eigenvalue weighted by molar-refractivity contribution is 8.00. The van der Waals surface area contributed by atoms with Crippen LogP contribution in [0, 0.1) is 5.92 Å². The molecule has 19 heteroatoms. The second kappa shape index (κ2) is 28.0. The number of carbonyl (C=O) groups is 4. The first-order chi connectivity index (χ1) is 36.2. The van der Waals surface area contributed by atoms with Crippen molar-refractivity contribution in [3.05, 3.63) is 83.5 Å². The highest BCUT2D eigenvalue weighted by Gasteiger charge is 2.41. The highest BCUT2D eigenvalue weighted by Crippen LogP contribution is 2.43. The van der Waals surface area contributed by atoms with E-state index in [2.05, 4.69) is 42.6 Å². The number of ether oxygens (including phenoxy) is 4. The van der Waals surface area contributed by atoms with E-state index in [1.165, 1.54) is 12.1 Å². The van der Waals surface area contributed by atoms with Crippen LogP contribution in [0.3, 0.4) is 0 Å². The molecule has 2 aromatic carbocycles. The molecule has 0 radical (unpaired) electrons. The van der Waals surface area contributed by atoms with Crippen molar-refractivity contribution >= 4 is 63.7 Å². The number of nitrogens with zero attached hydrogens (tertiary/aromatic N) is 2. The van der Waals surface area contributed by atoms with Gasteiger partial charge in [0.15, 0.2) is 19.0 Å². The number of aromatic carboxylic acids is 1. The number of amides is 3. The Morgan fingerprint density at radius 1 is 0.784 bits per heavy atom. The maximum Gasteiger partial charge on any atom is 0.251 e. The standard InChI is InChI=1S/C55H72ClN7O10S/c1-37-60-46-36-74-49(52(46)61-37)9-4-6-18-57-50(64)16-24-70-28-30-72-26-20-59-54(66)39-34-63(35-39)41-12-15-44-48(33-41)73-47-32-40(62-21-8-22-62)11-14-43(47)51(44)45-31-38(10-13-42(45)55(67)68)53(65)58-19-25-71-29-27-69-23-7-3-2-5-17-56/h10-15,31-33,39,46,49,52,60-61H,1-9,16-30,34-36H2,(H3-,57,58,59,64,65,66,67,68)/t46-,49-,52-/m0/s1. The Morgan fingerprint density at radius 2 is 1.54 bits per heavy atom. The number of anilines is 1. The zero-order chi connectivity index (χ0) is 51.7. The summed E-state index contributed by atoms with van der Waals surface area (Å²) in [6.07, 6.45) is 8.71. The molecular formula is C55H72ClN7O10S. The van der Waals surface area contributed by atoms with Gasteiger partial charge in [0, 0.05) is 108 Å². The third kappa shape index (κ3) is 14.9. The topological polar surface area (TPSA) is 208 Å². The lowest BCUT2D eigenvalue weighted by Gasteiger charge is -2.33. The Hall–Kier alpha value is -5.37. The van der Waals surface area contributed by atoms with Crippen molar-refractivity contribution in [2.24, 2.45) is 5.92 Å². The third-order valence-electron chi connectivity index (χ3n) is 14.0. The Labute approximate surface area is 442 Å². The van der Waals surface area contributed by atoms with Gasteiger partial charge in [-0.1, -0.05) is 31.9 Å². The molecule has 6 aliphatic rings. The van der Waals surface area contributed by atoms with Gasteiger partial charge >= 0.3 is 0 Å². The molecule has 0 spiro atoms. The molecule has 5 N–H and O–H groups in total. The summed E-state index contributed by atoms with van der Waals surface area (Å²) in [7, 11) is 0. The summed E-state index contributed by atoms with van der Waals surface area (Å²) in [5, 5.41) is 30.6. The normalized spacial score (nSPS) is 18.9. The molecule has 400 valence electrons. The van der Waals surface area contributed by atoms with Crippen LogP contribution >= 0.6 is 23.4 Å². The van der Waals surface area contributed by atoms with Crippen molar-refractivity contribution in [2.45, 2.75) is 75.1 Å². The van der Waals surface area contributed by atoms with E-state index >= 15 is 0 Å². The Balaban J connectivity index is 0.795. The van der Waals surface area contributed by atoms with Gasteiger partial charge in [-0.25, -0.2) is 4.58 Å². The van der Waals surface area contributed by atoms with Gasteiger partial charge in [0.05, 0.1) is 76.2 Å². The monoisotopic (exact) mass is 1060 g/mol. The molecule has 0 aromatic heterocycles. The molecular weight excluding hydrogens is 986 g/mol. The minimum absolute atomic E-state index is 0.0164. The van der Waals surface area contributed by atoms with Crippen LogP contribution in [0.1, 0.15) is 78.5 Å². The van der Waals surface area contributed by atoms with E-state index in [9.17, 15) is 24.3 Å². The molecule has 8 rings (SSSR count). The number of hydrogen-bond donors (Lipinski definition) is 5. The molecule has 2 aromatic rings. The zero-order valence-corrected chi connectivity index (χ0v) is 43.9. The number of rotatable bonds is 31. The lowest BCUT2D eigenvalue weighted by atomic mass is 9.89. The first-order valence-electron chi connectivity index (χ1n) is 26.4. The van der Waals surface area contributed by atoms with E-state index in [1.807, 2.05) is 48.2 Å². The van der Waals surface area contributed by atoms with E-state index in [1.54, 1.807) is 6.07 Å². The van der Waals surface area contributed by atoms with Gasteiger partial charge in [0.2, 0.25) is 17.2 Å². The van der Waals surface area contributed by atoms with E-state index in [-0.39, 0.29) is 41.3 Å². The van der Waals surface area contributed by atoms with Gasteiger partial charge in [-0.2, -0.15) is 11.8 Å². The molecule has 4 saturated heterocycles. The summed E-state index contributed by atoms with van der Waals surface area (Å²) >= 11 is 7.74. The summed E-state index contributed by atoms with van der Waals surface area (Å²) in [4.78, 5) is 53.8. The maximum atomic E-state index is 13.5. The summed E-state index contributed by atoms with van der Waals surface area (Å²) in [6, 6.07) is 17.1. The number of carboxylic acids is 1. The van der Waals surface area contributed by atoms with Crippen LogP contribution in [0.15, 0.2) is 71.4 Å². The van der Waals surface area contributed by atoms with Crippen molar-refractivity contribution in [3.8, 4) is 22.5 Å². The molecule has 3 amide bonds. The first-order valence-corrected chi connectivity index (χ1v) is 28.0. The number of alkyl halides is 1. The van der Waals surface area contributed by atoms with E-state index < -0.39 is 5.97 Å². The van der Waals surface area contributed by atoms with Crippen molar-refractivity contribution in [1.29, 1.82) is 0 Å². The summed E-state index contributed by atoms with van der Waals surface area (Å²) in [6.45, 7) is 11.4. The van der Waals surface area contributed by atoms with Crippen LogP contribution in [0.25, 0.3) is 33.4 Å². The molecule has 5 aliphatic heterocycles. The molecule has 0 unspecified atom stereocenters. The van der Waals surface area contributed by atoms with Crippen LogP contribution in [-0.4, -0.2) is 151 Å². The number of nitrogens with one attached hydrogen (secondary N) is 5. The minimum Gasteiger partial charge on any atom is -0.545 e. The second-order valence-electron chi connectivity index (χ2n) is 19.3. The van der Waals surface area contributed by atoms with Gasteiger partial charge in [-0.05, 0) is 68.0 Å². The van der Waals surface area contributed by atoms with Gasteiger partial charge in [-0.3, -0.25) is 14.4 Å². The van der Waals surface area contributed by atoms with Gasteiger partial charge in [0.1, 0.15) is 11.3 Å². The van der Waals surface area contributed by atoms with E-state index in [0.29, 0.717) is 142 Å². The quantitative estimate of drug-likeness (QED) is 0.0209. The average Bonchev–Trinajstić information content (AvgIpc) is 3.92. The number of fused-ring (bicyclic) bond motifs is 3. The number of thioether (sulfide) groups is 1. The van der Waals surface area contributed by atoms with Crippen molar-refractivity contribution in [3.63, 3.8) is 0 Å². The second-order valence-corrected chi connectivity index (χ2v) is 20.9. The lowest BCUT2D eigenvalue weighted by molar-refractivity contribution is -0.255. The fourth-order valence-electron chi connectivity index (χ4n) is 9.78. The summed E-state index contributed by atoms with van der Waals surface area (Å²) in [5.74, 6) is 1.23. The number of unbranched alkanes of at least 4 members (excludes halogenated alkanes) is 4. The molecule has 0 saturated carbocycles. The predicted molar refractivity (Wildman–Crippen MR) is 286 cm³/mol. The van der Waals surface area contributed by atoms with Crippen LogP contribution in [0.4, 0.5) is 5.69 Å². The average molecular weight is 1060 g/mol. The van der Waals surface area contributed by atoms with E-state index in [0.717, 1.165) is 87.1 Å². The minimum atomic E-state index is -1.37. The third-order valence-corrected chi connectivity index (χ3v) is 15.8. The maximum absolute atomic E-state index is 13.5. The first kappa shape index (κ1) is 54.9. The number of halogens is 1. The molecule has 0 bridgehead atoms. The molecule has 5 heterocycles. The highest BCUT2D eigenvalue weighted by atomic mass is 35.5. The predicted octanol–water partition coefficient (Wildman–Crippen LogP) is 4.09. The summed E-state index contributed by atoms with van der Waals surface area (Å²) in [5.41, 5.74) is 3.41. The lowest BCUT2D eigenvalue weighted by Crippen LogP contribution is -2.55. The van der Waals surface area contributed by atoms with E-state index in [4.69, 9.17) is 35.0 Å². The van der Waals surface area contributed by atoms with Crippen molar-refractivity contribution in [1.82, 2.24) is 31.2 Å². The molecule has 1 aliphatic carbocycles. The molecule has 74 heavy (non-hydrogen) atoms. The van der Waals surface area contributed by atoms with Gasteiger partial charge < -0.3 is 64.7 Å². The largest absolute Gasteiger partial charge is 0.545 e. The number of carboxylic acid groups (broad SMARTS) is 1. The summed E-state index contributed by atoms with van der Waals surface area (Å²) < 4.78 is 31.3. The van der Waals surface area contributed by atoms with Crippen molar-refractivity contribution < 1.29 is 47.6 Å². The number of carbonyl (C=O) groups excluding carboxylic acids is 4. The van der Waals surface area contributed by atoms with Crippen LogP contribution in [0.2, 0.25) is 0 Å². The fraction of sp³-hybridized carbons (Fsp3) is 0.545. The Bertz CT molecular complexity index is 2600. The Kier molecular flexibility index (Phi) is 20.7. The molecule has 4 fully saturated rings. The molecule has 3 atom stereocenters.